The van der Waals surface area contributed by atoms with Crippen molar-refractivity contribution in [3.63, 3.8) is 0 Å². The Kier molecular flexibility index (Phi) is 3.76. The number of hydrogen-bond acceptors (Lipinski definition) is 1. The van der Waals surface area contributed by atoms with E-state index in [9.17, 15) is 9.90 Å². The molecule has 6 atom stereocenters. The van der Waals surface area contributed by atoms with Crippen molar-refractivity contribution in [3.05, 3.63) is 47.1 Å². The summed E-state index contributed by atoms with van der Waals surface area (Å²) in [5, 5.41) is 9.51. The van der Waals surface area contributed by atoms with E-state index in [4.69, 9.17) is 0 Å². The second-order valence-electron chi connectivity index (χ2n) is 8.84. The number of hydrogen-bond donors (Lipinski definition) is 1. The third kappa shape index (κ3) is 2.48. The first kappa shape index (κ1) is 15.7. The van der Waals surface area contributed by atoms with Gasteiger partial charge in [0, 0.05) is 5.92 Å². The van der Waals surface area contributed by atoms with E-state index >= 15 is 0 Å². The number of carbonyl (C=O) groups is 1. The fourth-order valence-electron chi connectivity index (χ4n) is 6.75. The summed E-state index contributed by atoms with van der Waals surface area (Å²) >= 11 is 0. The van der Waals surface area contributed by atoms with Gasteiger partial charge >= 0.3 is 5.97 Å². The third-order valence-corrected chi connectivity index (χ3v) is 7.87. The molecule has 0 aromatic heterocycles. The van der Waals surface area contributed by atoms with E-state index in [0.717, 1.165) is 37.5 Å². The van der Waals surface area contributed by atoms with Crippen LogP contribution in [0.15, 0.2) is 47.1 Å². The Labute approximate surface area is 150 Å². The number of aliphatic carboxylic acids is 1. The van der Waals surface area contributed by atoms with Gasteiger partial charge in [-0.3, -0.25) is 4.79 Å². The highest BCUT2D eigenvalue weighted by atomic mass is 16.4. The van der Waals surface area contributed by atoms with Gasteiger partial charge in [-0.15, -0.1) is 0 Å². The molecule has 0 aromatic rings. The van der Waals surface area contributed by atoms with Gasteiger partial charge in [0.15, 0.2) is 0 Å². The summed E-state index contributed by atoms with van der Waals surface area (Å²) < 4.78 is 0. The number of allylic oxidation sites excluding steroid dienone is 8. The van der Waals surface area contributed by atoms with E-state index in [1.165, 1.54) is 31.3 Å². The Balaban J connectivity index is 1.44. The van der Waals surface area contributed by atoms with Crippen molar-refractivity contribution in [1.29, 1.82) is 0 Å². The van der Waals surface area contributed by atoms with Crippen molar-refractivity contribution in [1.82, 2.24) is 0 Å². The fraction of sp³-hybridized carbons (Fsp3) is 0.609. The molecule has 5 rings (SSSR count). The first-order valence-corrected chi connectivity index (χ1v) is 10.2. The highest BCUT2D eigenvalue weighted by Crippen LogP contribution is 2.57. The van der Waals surface area contributed by atoms with Gasteiger partial charge in [-0.1, -0.05) is 36.0 Å². The molecule has 1 N–H and O–H groups in total. The van der Waals surface area contributed by atoms with Crippen molar-refractivity contribution in [2.75, 3.05) is 0 Å². The van der Waals surface area contributed by atoms with Gasteiger partial charge in [-0.25, -0.2) is 0 Å². The van der Waals surface area contributed by atoms with Crippen molar-refractivity contribution in [2.24, 2.45) is 35.5 Å². The molecule has 0 aromatic carbocycles. The van der Waals surface area contributed by atoms with E-state index in [1.807, 2.05) is 0 Å². The third-order valence-electron chi connectivity index (χ3n) is 7.87. The predicted molar refractivity (Wildman–Crippen MR) is 98.9 cm³/mol. The topological polar surface area (TPSA) is 37.3 Å². The average Bonchev–Trinajstić information content (AvgIpc) is 2.66. The van der Waals surface area contributed by atoms with Crippen LogP contribution >= 0.6 is 0 Å². The molecule has 0 aliphatic heterocycles. The Bertz CT molecular complexity index is 708. The molecule has 3 fully saturated rings. The van der Waals surface area contributed by atoms with E-state index in [0.29, 0.717) is 17.8 Å². The molecule has 3 saturated carbocycles. The van der Waals surface area contributed by atoms with E-state index in [2.05, 4.69) is 30.4 Å². The van der Waals surface area contributed by atoms with Gasteiger partial charge in [0.2, 0.25) is 0 Å². The maximum Gasteiger partial charge on any atom is 0.306 e. The fourth-order valence-corrected chi connectivity index (χ4v) is 6.75. The van der Waals surface area contributed by atoms with E-state index < -0.39 is 5.97 Å². The molecule has 0 bridgehead atoms. The first-order valence-electron chi connectivity index (χ1n) is 10.2. The van der Waals surface area contributed by atoms with Crippen LogP contribution in [0.25, 0.3) is 0 Å². The lowest BCUT2D eigenvalue weighted by Gasteiger charge is -2.52. The van der Waals surface area contributed by atoms with Gasteiger partial charge in [0.1, 0.15) is 0 Å². The van der Waals surface area contributed by atoms with Gasteiger partial charge in [-0.2, -0.15) is 0 Å². The van der Waals surface area contributed by atoms with Gasteiger partial charge in [0.05, 0.1) is 5.92 Å². The molecule has 0 saturated heterocycles. The van der Waals surface area contributed by atoms with Crippen molar-refractivity contribution in [2.45, 2.75) is 51.4 Å². The zero-order chi connectivity index (χ0) is 17.0. The van der Waals surface area contributed by atoms with Gasteiger partial charge in [0.25, 0.3) is 0 Å². The molecule has 25 heavy (non-hydrogen) atoms. The molecule has 0 heterocycles. The van der Waals surface area contributed by atoms with Crippen LogP contribution in [0.5, 0.6) is 0 Å². The monoisotopic (exact) mass is 336 g/mol. The molecule has 0 amide bonds. The molecular weight excluding hydrogens is 308 g/mol. The smallest absolute Gasteiger partial charge is 0.306 e. The summed E-state index contributed by atoms with van der Waals surface area (Å²) in [4.78, 5) is 11.5. The minimum atomic E-state index is -0.558. The summed E-state index contributed by atoms with van der Waals surface area (Å²) in [6.45, 7) is 0. The van der Waals surface area contributed by atoms with Crippen LogP contribution in [0.4, 0.5) is 0 Å². The molecule has 6 unspecified atom stereocenters. The summed E-state index contributed by atoms with van der Waals surface area (Å²) in [5.41, 5.74) is 4.68. The lowest BCUT2D eigenvalue weighted by molar-refractivity contribution is -0.145. The Morgan fingerprint density at radius 2 is 1.88 bits per heavy atom. The van der Waals surface area contributed by atoms with Crippen LogP contribution in [-0.2, 0) is 4.79 Å². The Morgan fingerprint density at radius 1 is 1.00 bits per heavy atom. The van der Waals surface area contributed by atoms with Crippen molar-refractivity contribution < 1.29 is 9.90 Å². The second-order valence-corrected chi connectivity index (χ2v) is 8.84. The quantitative estimate of drug-likeness (QED) is 0.706. The van der Waals surface area contributed by atoms with E-state index in [-0.39, 0.29) is 5.92 Å². The van der Waals surface area contributed by atoms with Crippen LogP contribution in [0.3, 0.4) is 0 Å². The summed E-state index contributed by atoms with van der Waals surface area (Å²) in [5.74, 6) is 2.88. The van der Waals surface area contributed by atoms with Crippen LogP contribution < -0.4 is 0 Å². The number of carboxylic acid groups (broad SMARTS) is 1. The standard InChI is InChI=1S/C23H28O2/c24-23(25)16-6-5-15-8-10-20-19-9-7-14-3-1-2-4-17(14)18(19)11-12-21(20)22(15)13-16/h1,3-4,7,9,15-16,18,20-22H,2,5-6,8,10-13H2,(H,24,25). The Morgan fingerprint density at radius 3 is 2.76 bits per heavy atom. The molecule has 5 aliphatic rings. The van der Waals surface area contributed by atoms with Crippen LogP contribution in [-0.4, -0.2) is 11.1 Å². The maximum absolute atomic E-state index is 11.5. The van der Waals surface area contributed by atoms with Crippen molar-refractivity contribution in [3.8, 4) is 0 Å². The minimum absolute atomic E-state index is 0.0873. The van der Waals surface area contributed by atoms with Crippen molar-refractivity contribution >= 4 is 5.97 Å². The summed E-state index contributed by atoms with van der Waals surface area (Å²) in [6, 6.07) is 0. The highest BCUT2D eigenvalue weighted by Gasteiger charge is 2.48. The summed E-state index contributed by atoms with van der Waals surface area (Å²) in [6.07, 6.45) is 21.1. The zero-order valence-corrected chi connectivity index (χ0v) is 14.9. The predicted octanol–water partition coefficient (Wildman–Crippen LogP) is 5.29. The molecule has 132 valence electrons. The second kappa shape index (κ2) is 6.00. The molecule has 2 heteroatoms. The lowest BCUT2D eigenvalue weighted by atomic mass is 9.52. The van der Waals surface area contributed by atoms with Crippen LogP contribution in [0, 0.1) is 35.5 Å². The van der Waals surface area contributed by atoms with Crippen LogP contribution in [0.2, 0.25) is 0 Å². The largest absolute Gasteiger partial charge is 0.481 e. The molecule has 5 aliphatic carbocycles. The number of rotatable bonds is 1. The normalized spacial score (nSPS) is 42.0. The Hall–Kier alpha value is -1.57. The van der Waals surface area contributed by atoms with E-state index in [1.54, 1.807) is 11.1 Å². The number of carboxylic acids is 1. The minimum Gasteiger partial charge on any atom is -0.481 e. The average molecular weight is 336 g/mol. The molecule has 0 radical (unpaired) electrons. The lowest BCUT2D eigenvalue weighted by Crippen LogP contribution is -2.44. The van der Waals surface area contributed by atoms with Gasteiger partial charge in [-0.05, 0) is 86.2 Å². The SMILES string of the molecule is O=C(O)C1CCC2CCC3C4=CC=C5C=CCC=C5C4CCC3C2C1. The molecular formula is C23H28O2. The van der Waals surface area contributed by atoms with Gasteiger partial charge < -0.3 is 5.11 Å². The summed E-state index contributed by atoms with van der Waals surface area (Å²) in [7, 11) is 0. The molecule has 2 nitrogen and oxygen atoms in total. The highest BCUT2D eigenvalue weighted by molar-refractivity contribution is 5.70. The zero-order valence-electron chi connectivity index (χ0n) is 14.9. The van der Waals surface area contributed by atoms with Crippen LogP contribution in [0.1, 0.15) is 51.4 Å². The first-order chi connectivity index (χ1) is 12.2. The molecule has 0 spiro atoms. The maximum atomic E-state index is 11.5. The number of fused-ring (bicyclic) bond motifs is 7.